The van der Waals surface area contributed by atoms with Crippen molar-refractivity contribution in [3.05, 3.63) is 29.8 Å². The summed E-state index contributed by atoms with van der Waals surface area (Å²) < 4.78 is 5.03. The first-order chi connectivity index (χ1) is 8.89. The molecule has 4 nitrogen and oxygen atoms in total. The Kier molecular flexibility index (Phi) is 5.36. The predicted octanol–water partition coefficient (Wildman–Crippen LogP) is 2.28. The van der Waals surface area contributed by atoms with E-state index in [9.17, 15) is 9.90 Å². The second-order valence-electron chi connectivity index (χ2n) is 5.41. The summed E-state index contributed by atoms with van der Waals surface area (Å²) in [6, 6.07) is 6.83. The van der Waals surface area contributed by atoms with Gasteiger partial charge in [0.15, 0.2) is 6.10 Å². The van der Waals surface area contributed by atoms with Crippen molar-refractivity contribution >= 4 is 5.91 Å². The summed E-state index contributed by atoms with van der Waals surface area (Å²) in [4.78, 5) is 11.9. The molecule has 0 aliphatic heterocycles. The molecule has 0 fully saturated rings. The SMILES string of the molecule is CCC(C)(C)CNC(=O)C(O)c1ccc(OC)cc1. The molecule has 2 N–H and O–H groups in total. The lowest BCUT2D eigenvalue weighted by molar-refractivity contribution is -0.130. The molecule has 1 aromatic carbocycles. The second kappa shape index (κ2) is 6.57. The largest absolute Gasteiger partial charge is 0.497 e. The number of aliphatic hydroxyl groups is 1. The normalized spacial score (nSPS) is 12.9. The van der Waals surface area contributed by atoms with E-state index in [1.165, 1.54) is 0 Å². The van der Waals surface area contributed by atoms with Gasteiger partial charge >= 0.3 is 0 Å². The average molecular weight is 265 g/mol. The topological polar surface area (TPSA) is 58.6 Å². The number of rotatable bonds is 6. The number of methoxy groups -OCH3 is 1. The Morgan fingerprint density at radius 3 is 2.42 bits per heavy atom. The van der Waals surface area contributed by atoms with Crippen molar-refractivity contribution in [2.75, 3.05) is 13.7 Å². The van der Waals surface area contributed by atoms with Gasteiger partial charge in [0.2, 0.25) is 0 Å². The molecule has 1 amide bonds. The van der Waals surface area contributed by atoms with Crippen LogP contribution in [0.1, 0.15) is 38.9 Å². The van der Waals surface area contributed by atoms with Crippen LogP contribution in [0.4, 0.5) is 0 Å². The number of nitrogens with one attached hydrogen (secondary N) is 1. The van der Waals surface area contributed by atoms with Crippen molar-refractivity contribution < 1.29 is 14.6 Å². The monoisotopic (exact) mass is 265 g/mol. The molecule has 0 radical (unpaired) electrons. The van der Waals surface area contributed by atoms with E-state index >= 15 is 0 Å². The van der Waals surface area contributed by atoms with E-state index in [0.717, 1.165) is 6.42 Å². The molecule has 0 aliphatic carbocycles. The van der Waals surface area contributed by atoms with E-state index in [4.69, 9.17) is 4.74 Å². The average Bonchev–Trinajstić information content (AvgIpc) is 2.44. The number of amides is 1. The van der Waals surface area contributed by atoms with Crippen LogP contribution in [0.5, 0.6) is 5.75 Å². The second-order valence-corrected chi connectivity index (χ2v) is 5.41. The third-order valence-electron chi connectivity index (χ3n) is 3.38. The van der Waals surface area contributed by atoms with Gasteiger partial charge in [-0.3, -0.25) is 4.79 Å². The minimum atomic E-state index is -1.14. The van der Waals surface area contributed by atoms with Crippen LogP contribution in [0.25, 0.3) is 0 Å². The van der Waals surface area contributed by atoms with Crippen molar-refractivity contribution in [1.29, 1.82) is 0 Å². The molecule has 0 heterocycles. The highest BCUT2D eigenvalue weighted by Gasteiger charge is 2.21. The van der Waals surface area contributed by atoms with E-state index in [1.807, 2.05) is 0 Å². The molecule has 0 aliphatic rings. The van der Waals surface area contributed by atoms with E-state index in [-0.39, 0.29) is 11.3 Å². The minimum Gasteiger partial charge on any atom is -0.497 e. The molecule has 19 heavy (non-hydrogen) atoms. The molecule has 0 saturated carbocycles. The molecule has 0 aromatic heterocycles. The van der Waals surface area contributed by atoms with Gasteiger partial charge < -0.3 is 15.2 Å². The maximum absolute atomic E-state index is 11.9. The zero-order valence-corrected chi connectivity index (χ0v) is 12.1. The number of carbonyl (C=O) groups is 1. The smallest absolute Gasteiger partial charge is 0.253 e. The van der Waals surface area contributed by atoms with Gasteiger partial charge in [-0.25, -0.2) is 0 Å². The van der Waals surface area contributed by atoms with Gasteiger partial charge in [0.05, 0.1) is 7.11 Å². The van der Waals surface area contributed by atoms with Gasteiger partial charge in [-0.1, -0.05) is 32.9 Å². The Morgan fingerprint density at radius 1 is 1.37 bits per heavy atom. The number of carbonyl (C=O) groups excluding carboxylic acids is 1. The summed E-state index contributed by atoms with van der Waals surface area (Å²) in [5, 5.41) is 12.7. The summed E-state index contributed by atoms with van der Waals surface area (Å²) >= 11 is 0. The zero-order chi connectivity index (χ0) is 14.5. The summed E-state index contributed by atoms with van der Waals surface area (Å²) in [6.07, 6.45) is -0.176. The van der Waals surface area contributed by atoms with Crippen molar-refractivity contribution in [3.63, 3.8) is 0 Å². The third kappa shape index (κ3) is 4.56. The van der Waals surface area contributed by atoms with Crippen LogP contribution in [-0.4, -0.2) is 24.7 Å². The lowest BCUT2D eigenvalue weighted by Crippen LogP contribution is -2.36. The van der Waals surface area contributed by atoms with Crippen LogP contribution < -0.4 is 10.1 Å². The van der Waals surface area contributed by atoms with Gasteiger partial charge in [0, 0.05) is 6.54 Å². The lowest BCUT2D eigenvalue weighted by atomic mass is 9.90. The van der Waals surface area contributed by atoms with E-state index < -0.39 is 6.10 Å². The molecule has 1 aromatic rings. The Morgan fingerprint density at radius 2 is 1.95 bits per heavy atom. The van der Waals surface area contributed by atoms with Gasteiger partial charge in [-0.2, -0.15) is 0 Å². The minimum absolute atomic E-state index is 0.0370. The fraction of sp³-hybridized carbons (Fsp3) is 0.533. The standard InChI is InChI=1S/C15H23NO3/c1-5-15(2,3)10-16-14(18)13(17)11-6-8-12(19-4)9-7-11/h6-9,13,17H,5,10H2,1-4H3,(H,16,18). The molecule has 1 rings (SSSR count). The van der Waals surface area contributed by atoms with Crippen LogP contribution in [-0.2, 0) is 4.79 Å². The quantitative estimate of drug-likeness (QED) is 0.829. The van der Waals surface area contributed by atoms with E-state index in [1.54, 1.807) is 31.4 Å². The Hall–Kier alpha value is -1.55. The Bertz CT molecular complexity index is 412. The van der Waals surface area contributed by atoms with Gasteiger partial charge in [-0.05, 0) is 29.5 Å². The van der Waals surface area contributed by atoms with Gasteiger partial charge in [0.1, 0.15) is 5.75 Å². The third-order valence-corrected chi connectivity index (χ3v) is 3.38. The molecule has 1 atom stereocenters. The summed E-state index contributed by atoms with van der Waals surface area (Å²) in [7, 11) is 1.57. The highest BCUT2D eigenvalue weighted by Crippen LogP contribution is 2.20. The lowest BCUT2D eigenvalue weighted by Gasteiger charge is -2.23. The first-order valence-corrected chi connectivity index (χ1v) is 6.49. The van der Waals surface area contributed by atoms with Crippen molar-refractivity contribution in [2.24, 2.45) is 5.41 Å². The summed E-state index contributed by atoms with van der Waals surface area (Å²) in [5.41, 5.74) is 0.600. The first kappa shape index (κ1) is 15.5. The van der Waals surface area contributed by atoms with Crippen LogP contribution in [0, 0.1) is 5.41 Å². The number of hydrogen-bond donors (Lipinski definition) is 2. The fourth-order valence-corrected chi connectivity index (χ4v) is 1.49. The molecule has 4 heteroatoms. The van der Waals surface area contributed by atoms with Gasteiger partial charge in [-0.15, -0.1) is 0 Å². The fourth-order valence-electron chi connectivity index (χ4n) is 1.49. The molecule has 106 valence electrons. The molecular formula is C15H23NO3. The van der Waals surface area contributed by atoms with Crippen LogP contribution in [0.2, 0.25) is 0 Å². The molecule has 0 saturated heterocycles. The van der Waals surface area contributed by atoms with Crippen LogP contribution >= 0.6 is 0 Å². The Balaban J connectivity index is 2.61. The summed E-state index contributed by atoms with van der Waals surface area (Å²) in [6.45, 7) is 6.78. The molecular weight excluding hydrogens is 242 g/mol. The molecule has 0 spiro atoms. The van der Waals surface area contributed by atoms with Crippen LogP contribution in [0.15, 0.2) is 24.3 Å². The maximum Gasteiger partial charge on any atom is 0.253 e. The maximum atomic E-state index is 11.9. The predicted molar refractivity (Wildman–Crippen MR) is 75.0 cm³/mol. The van der Waals surface area contributed by atoms with E-state index in [0.29, 0.717) is 17.9 Å². The Labute approximate surface area is 114 Å². The highest BCUT2D eigenvalue weighted by molar-refractivity contribution is 5.81. The number of aliphatic hydroxyl groups excluding tert-OH is 1. The van der Waals surface area contributed by atoms with Crippen molar-refractivity contribution in [2.45, 2.75) is 33.3 Å². The summed E-state index contributed by atoms with van der Waals surface area (Å²) in [5.74, 6) is 0.329. The molecule has 1 unspecified atom stereocenters. The highest BCUT2D eigenvalue weighted by atomic mass is 16.5. The van der Waals surface area contributed by atoms with Crippen LogP contribution in [0.3, 0.4) is 0 Å². The zero-order valence-electron chi connectivity index (χ0n) is 12.1. The van der Waals surface area contributed by atoms with Crippen molar-refractivity contribution in [1.82, 2.24) is 5.32 Å². The van der Waals surface area contributed by atoms with Crippen molar-refractivity contribution in [3.8, 4) is 5.75 Å². The van der Waals surface area contributed by atoms with Gasteiger partial charge in [0.25, 0.3) is 5.91 Å². The first-order valence-electron chi connectivity index (χ1n) is 6.49. The number of hydrogen-bond acceptors (Lipinski definition) is 3. The number of benzene rings is 1. The van der Waals surface area contributed by atoms with E-state index in [2.05, 4.69) is 26.1 Å². The molecule has 0 bridgehead atoms. The number of ether oxygens (including phenoxy) is 1.